The topological polar surface area (TPSA) is 119 Å². The van der Waals surface area contributed by atoms with Crippen LogP contribution in [0.5, 0.6) is 0 Å². The molecular weight excluding hydrogens is 366 g/mol. The molecule has 0 spiro atoms. The van der Waals surface area contributed by atoms with Crippen LogP contribution in [-0.4, -0.2) is 45.9 Å². The first-order chi connectivity index (χ1) is 13.2. The molecular formula is C19H19N3O6. The van der Waals surface area contributed by atoms with Gasteiger partial charge in [0.25, 0.3) is 17.7 Å². The van der Waals surface area contributed by atoms with Crippen LogP contribution in [0.3, 0.4) is 0 Å². The molecule has 9 heteroatoms. The number of aromatic nitrogens is 1. The van der Waals surface area contributed by atoms with E-state index >= 15 is 0 Å². The number of hydrogen-bond acceptors (Lipinski definition) is 7. The van der Waals surface area contributed by atoms with Crippen molar-refractivity contribution in [1.29, 1.82) is 0 Å². The smallest absolute Gasteiger partial charge is 0.329 e. The number of benzene rings is 1. The first-order valence-electron chi connectivity index (χ1n) is 8.62. The van der Waals surface area contributed by atoms with Gasteiger partial charge in [0.1, 0.15) is 11.8 Å². The molecule has 0 saturated carbocycles. The lowest BCUT2D eigenvalue weighted by molar-refractivity contribution is -0.156. The molecule has 0 fully saturated rings. The molecule has 1 aliphatic heterocycles. The Labute approximate surface area is 160 Å². The highest BCUT2D eigenvalue weighted by Gasteiger charge is 2.42. The van der Waals surface area contributed by atoms with Gasteiger partial charge in [0.2, 0.25) is 0 Å². The zero-order chi connectivity index (χ0) is 20.6. The summed E-state index contributed by atoms with van der Waals surface area (Å²) < 4.78 is 9.97. The van der Waals surface area contributed by atoms with Gasteiger partial charge in [0.05, 0.1) is 11.1 Å². The van der Waals surface area contributed by atoms with Gasteiger partial charge in [-0.2, -0.15) is 0 Å². The van der Waals surface area contributed by atoms with Gasteiger partial charge in [0.15, 0.2) is 11.9 Å². The third kappa shape index (κ3) is 3.51. The average Bonchev–Trinajstić information content (AvgIpc) is 3.15. The van der Waals surface area contributed by atoms with E-state index in [0.29, 0.717) is 5.76 Å². The Bertz CT molecular complexity index is 980. The number of aryl methyl sites for hydroxylation is 2. The van der Waals surface area contributed by atoms with Crippen molar-refractivity contribution in [1.82, 2.24) is 10.1 Å². The number of carbonyl (C=O) groups excluding carboxylic acids is 4. The van der Waals surface area contributed by atoms with Gasteiger partial charge in [0, 0.05) is 6.07 Å². The number of hydrogen-bond donors (Lipinski definition) is 1. The summed E-state index contributed by atoms with van der Waals surface area (Å²) in [6.07, 6.45) is -1.16. The molecule has 2 heterocycles. The summed E-state index contributed by atoms with van der Waals surface area (Å²) in [6.45, 7) is 6.22. The highest BCUT2D eigenvalue weighted by atomic mass is 16.5. The Morgan fingerprint density at radius 3 is 2.43 bits per heavy atom. The third-order valence-corrected chi connectivity index (χ3v) is 4.34. The number of rotatable bonds is 5. The highest BCUT2D eigenvalue weighted by molar-refractivity contribution is 6.22. The Morgan fingerprint density at radius 2 is 1.79 bits per heavy atom. The predicted molar refractivity (Wildman–Crippen MR) is 96.6 cm³/mol. The number of nitrogens with one attached hydrogen (secondary N) is 1. The lowest BCUT2D eigenvalue weighted by Crippen LogP contribution is -2.45. The van der Waals surface area contributed by atoms with Gasteiger partial charge in [-0.1, -0.05) is 16.8 Å². The summed E-state index contributed by atoms with van der Waals surface area (Å²) in [5, 5.41) is 6.07. The molecule has 0 radical (unpaired) electrons. The minimum Gasteiger partial charge on any atom is -0.451 e. The number of anilines is 1. The van der Waals surface area contributed by atoms with E-state index in [1.165, 1.54) is 19.9 Å². The fourth-order valence-corrected chi connectivity index (χ4v) is 2.81. The molecule has 0 saturated heterocycles. The summed E-state index contributed by atoms with van der Waals surface area (Å²) in [6, 6.07) is 5.20. The molecule has 3 amide bonds. The second kappa shape index (κ2) is 7.26. The molecule has 1 aromatic carbocycles. The van der Waals surface area contributed by atoms with Crippen molar-refractivity contribution in [3.63, 3.8) is 0 Å². The van der Waals surface area contributed by atoms with Crippen molar-refractivity contribution in [3.8, 4) is 0 Å². The lowest BCUT2D eigenvalue weighted by atomic mass is 10.1. The second-order valence-corrected chi connectivity index (χ2v) is 6.60. The van der Waals surface area contributed by atoms with Crippen LogP contribution in [0, 0.1) is 13.8 Å². The number of nitrogens with zero attached hydrogens (tertiary/aromatic N) is 2. The fourth-order valence-electron chi connectivity index (χ4n) is 2.81. The van der Waals surface area contributed by atoms with E-state index < -0.39 is 35.8 Å². The molecule has 0 bridgehead atoms. The SMILES string of the molecule is Cc1ccc2c(c1)C(=O)N(C(C)C(=O)OC(C)C(=O)Nc1cc(C)on1)C2=O. The quantitative estimate of drug-likeness (QED) is 0.616. The van der Waals surface area contributed by atoms with E-state index in [9.17, 15) is 19.2 Å². The lowest BCUT2D eigenvalue weighted by Gasteiger charge is -2.22. The molecule has 2 unspecified atom stereocenters. The second-order valence-electron chi connectivity index (χ2n) is 6.60. The third-order valence-electron chi connectivity index (χ3n) is 4.34. The molecule has 2 atom stereocenters. The highest BCUT2D eigenvalue weighted by Crippen LogP contribution is 2.26. The van der Waals surface area contributed by atoms with Crippen LogP contribution in [-0.2, 0) is 14.3 Å². The van der Waals surface area contributed by atoms with E-state index in [0.717, 1.165) is 10.5 Å². The largest absolute Gasteiger partial charge is 0.451 e. The van der Waals surface area contributed by atoms with Crippen molar-refractivity contribution in [2.45, 2.75) is 39.8 Å². The van der Waals surface area contributed by atoms with Crippen LogP contribution in [0.1, 0.15) is 45.9 Å². The van der Waals surface area contributed by atoms with Crippen LogP contribution in [0.4, 0.5) is 5.82 Å². The van der Waals surface area contributed by atoms with Crippen LogP contribution in [0.25, 0.3) is 0 Å². The summed E-state index contributed by atoms with van der Waals surface area (Å²) in [5.74, 6) is -1.93. The maximum Gasteiger partial charge on any atom is 0.329 e. The predicted octanol–water partition coefficient (Wildman–Crippen LogP) is 1.85. The first-order valence-corrected chi connectivity index (χ1v) is 8.62. The molecule has 9 nitrogen and oxygen atoms in total. The maximum absolute atomic E-state index is 12.6. The van der Waals surface area contributed by atoms with E-state index in [4.69, 9.17) is 9.26 Å². The zero-order valence-electron chi connectivity index (χ0n) is 15.8. The van der Waals surface area contributed by atoms with Gasteiger partial charge in [-0.25, -0.2) is 4.79 Å². The van der Waals surface area contributed by atoms with Gasteiger partial charge >= 0.3 is 5.97 Å². The maximum atomic E-state index is 12.6. The van der Waals surface area contributed by atoms with Crippen LogP contribution < -0.4 is 5.32 Å². The van der Waals surface area contributed by atoms with E-state index in [1.54, 1.807) is 32.0 Å². The summed E-state index contributed by atoms with van der Waals surface area (Å²) in [4.78, 5) is 50.5. The molecule has 2 aromatic rings. The van der Waals surface area contributed by atoms with Crippen molar-refractivity contribution in [3.05, 3.63) is 46.7 Å². The Hall–Kier alpha value is -3.49. The van der Waals surface area contributed by atoms with Crippen molar-refractivity contribution >= 4 is 29.5 Å². The number of amides is 3. The van der Waals surface area contributed by atoms with Crippen molar-refractivity contribution in [2.24, 2.45) is 0 Å². The van der Waals surface area contributed by atoms with Crippen LogP contribution >= 0.6 is 0 Å². The standard InChI is InChI=1S/C19H19N3O6/c1-9-5-6-13-14(7-9)18(25)22(17(13)24)11(3)19(26)27-12(4)16(23)20-15-8-10(2)28-21-15/h5-8,11-12H,1-4H3,(H,20,21,23). The Balaban J connectivity index is 1.66. The van der Waals surface area contributed by atoms with Gasteiger partial charge in [-0.05, 0) is 39.8 Å². The molecule has 3 rings (SSSR count). The molecule has 1 aromatic heterocycles. The van der Waals surface area contributed by atoms with E-state index in [1.807, 2.05) is 0 Å². The summed E-state index contributed by atoms with van der Waals surface area (Å²) >= 11 is 0. The van der Waals surface area contributed by atoms with Gasteiger partial charge in [-0.3, -0.25) is 19.3 Å². The van der Waals surface area contributed by atoms with E-state index in [-0.39, 0.29) is 16.9 Å². The minimum absolute atomic E-state index is 0.189. The number of fused-ring (bicyclic) bond motifs is 1. The molecule has 28 heavy (non-hydrogen) atoms. The Morgan fingerprint density at radius 1 is 1.11 bits per heavy atom. The monoisotopic (exact) mass is 385 g/mol. The number of carbonyl (C=O) groups is 4. The van der Waals surface area contributed by atoms with Crippen LogP contribution in [0.2, 0.25) is 0 Å². The number of esters is 1. The van der Waals surface area contributed by atoms with E-state index in [2.05, 4.69) is 10.5 Å². The van der Waals surface area contributed by atoms with Crippen molar-refractivity contribution in [2.75, 3.05) is 5.32 Å². The molecule has 0 aliphatic carbocycles. The zero-order valence-corrected chi connectivity index (χ0v) is 15.8. The minimum atomic E-state index is -1.18. The molecule has 1 N–H and O–H groups in total. The normalized spacial score (nSPS) is 15.2. The first kappa shape index (κ1) is 19.3. The van der Waals surface area contributed by atoms with Gasteiger partial charge < -0.3 is 14.6 Å². The van der Waals surface area contributed by atoms with Crippen LogP contribution in [0.15, 0.2) is 28.8 Å². The average molecular weight is 385 g/mol. The molecule has 1 aliphatic rings. The van der Waals surface area contributed by atoms with Gasteiger partial charge in [-0.15, -0.1) is 0 Å². The summed E-state index contributed by atoms with van der Waals surface area (Å²) in [7, 11) is 0. The molecule has 146 valence electrons. The summed E-state index contributed by atoms with van der Waals surface area (Å²) in [5.41, 5.74) is 1.31. The Kier molecular flexibility index (Phi) is 5.00. The number of ether oxygens (including phenoxy) is 1. The number of imide groups is 1. The fraction of sp³-hybridized carbons (Fsp3) is 0.316. The van der Waals surface area contributed by atoms with Crippen molar-refractivity contribution < 1.29 is 28.4 Å².